The van der Waals surface area contributed by atoms with E-state index in [0.717, 1.165) is 35.5 Å². The molecule has 1 unspecified atom stereocenters. The van der Waals surface area contributed by atoms with Crippen molar-refractivity contribution in [3.63, 3.8) is 0 Å². The van der Waals surface area contributed by atoms with Crippen molar-refractivity contribution >= 4 is 39.2 Å². The molecule has 0 bridgehead atoms. The summed E-state index contributed by atoms with van der Waals surface area (Å²) in [5.41, 5.74) is 5.22. The average molecular weight is 449 g/mol. The number of guanidine groups is 1. The maximum atomic E-state index is 4.98. The summed E-state index contributed by atoms with van der Waals surface area (Å²) in [5, 5.41) is 18.0. The fourth-order valence-corrected chi connectivity index (χ4v) is 5.43. The molecular weight excluding hydrogens is 424 g/mol. The van der Waals surface area contributed by atoms with Crippen molar-refractivity contribution < 1.29 is 0 Å². The van der Waals surface area contributed by atoms with Crippen LogP contribution >= 0.6 is 23.1 Å². The molecule has 1 atom stereocenters. The first kappa shape index (κ1) is 20.2. The van der Waals surface area contributed by atoms with Crippen LogP contribution in [0.2, 0.25) is 0 Å². The zero-order chi connectivity index (χ0) is 21.4. The lowest BCUT2D eigenvalue weighted by molar-refractivity contribution is 0.305. The summed E-state index contributed by atoms with van der Waals surface area (Å²) in [4.78, 5) is 7.30. The molecule has 1 aromatic heterocycles. The molecule has 0 saturated carbocycles. The summed E-state index contributed by atoms with van der Waals surface area (Å²) in [6, 6.07) is 17.3. The molecule has 0 aliphatic carbocycles. The quantitative estimate of drug-likeness (QED) is 0.394. The molecule has 2 aromatic carbocycles. The number of benzene rings is 2. The van der Waals surface area contributed by atoms with Gasteiger partial charge in [-0.25, -0.2) is 5.01 Å². The first-order valence-corrected chi connectivity index (χ1v) is 12.0. The highest BCUT2D eigenvalue weighted by molar-refractivity contribution is 8.14. The van der Waals surface area contributed by atoms with Gasteiger partial charge >= 0.3 is 0 Å². The zero-order valence-corrected chi connectivity index (χ0v) is 19.5. The molecule has 0 amide bonds. The van der Waals surface area contributed by atoms with Crippen molar-refractivity contribution in [1.82, 2.24) is 20.1 Å². The molecular formula is C23H24N6S2. The van der Waals surface area contributed by atoms with E-state index in [1.165, 1.54) is 33.6 Å². The molecule has 8 heteroatoms. The summed E-state index contributed by atoms with van der Waals surface area (Å²) >= 11 is 3.27. The van der Waals surface area contributed by atoms with Crippen molar-refractivity contribution in [2.24, 2.45) is 10.1 Å². The number of nitrogens with zero attached hydrogens (tertiary/aromatic N) is 6. The van der Waals surface area contributed by atoms with Gasteiger partial charge in [0.25, 0.3) is 0 Å². The summed E-state index contributed by atoms with van der Waals surface area (Å²) in [7, 11) is 0. The van der Waals surface area contributed by atoms with Crippen molar-refractivity contribution in [3.8, 4) is 0 Å². The topological polar surface area (TPSA) is 57.0 Å². The minimum Gasteiger partial charge on any atom is -0.336 e. The van der Waals surface area contributed by atoms with Gasteiger partial charge in [-0.2, -0.15) is 10.1 Å². The molecule has 2 aliphatic heterocycles. The van der Waals surface area contributed by atoms with Gasteiger partial charge < -0.3 is 4.90 Å². The van der Waals surface area contributed by atoms with E-state index in [4.69, 9.17) is 10.1 Å². The molecule has 3 heterocycles. The minimum absolute atomic E-state index is 0.0468. The van der Waals surface area contributed by atoms with Crippen LogP contribution < -0.4 is 0 Å². The predicted octanol–water partition coefficient (Wildman–Crippen LogP) is 5.28. The van der Waals surface area contributed by atoms with Gasteiger partial charge in [0.05, 0.1) is 5.04 Å². The van der Waals surface area contributed by atoms with Crippen LogP contribution in [0.3, 0.4) is 0 Å². The lowest BCUT2D eigenvalue weighted by atomic mass is 10.0. The van der Waals surface area contributed by atoms with Crippen LogP contribution in [-0.2, 0) is 13.0 Å². The normalized spacial score (nSPS) is 18.9. The fraction of sp³-hybridized carbons (Fsp3) is 0.304. The lowest BCUT2D eigenvalue weighted by Crippen LogP contribution is -2.44. The average Bonchev–Trinajstić information content (AvgIpc) is 3.37. The number of fused-ring (bicyclic) bond motifs is 1. The number of thioether (sulfide) groups is 1. The van der Waals surface area contributed by atoms with Crippen molar-refractivity contribution in [2.75, 3.05) is 6.54 Å². The zero-order valence-electron chi connectivity index (χ0n) is 17.8. The van der Waals surface area contributed by atoms with Gasteiger partial charge in [0.1, 0.15) is 10.4 Å². The van der Waals surface area contributed by atoms with E-state index in [0.29, 0.717) is 5.13 Å². The fourth-order valence-electron chi connectivity index (χ4n) is 3.88. The number of aromatic nitrogens is 2. The third-order valence-electron chi connectivity index (χ3n) is 5.44. The third-order valence-corrected chi connectivity index (χ3v) is 7.30. The molecule has 0 radical (unpaired) electrons. The largest absolute Gasteiger partial charge is 0.336 e. The smallest absolute Gasteiger partial charge is 0.234 e. The Morgan fingerprint density at radius 1 is 1.00 bits per heavy atom. The van der Waals surface area contributed by atoms with Crippen LogP contribution in [0.15, 0.2) is 58.6 Å². The Morgan fingerprint density at radius 3 is 2.52 bits per heavy atom. The third kappa shape index (κ3) is 4.22. The highest BCUT2D eigenvalue weighted by atomic mass is 32.2. The van der Waals surface area contributed by atoms with Crippen LogP contribution in [0.5, 0.6) is 0 Å². The summed E-state index contributed by atoms with van der Waals surface area (Å²) < 4.78 is 0. The number of rotatable bonds is 2. The van der Waals surface area contributed by atoms with Crippen LogP contribution in [-0.4, -0.2) is 37.7 Å². The Labute approximate surface area is 190 Å². The van der Waals surface area contributed by atoms with E-state index < -0.39 is 0 Å². The number of hydrazone groups is 1. The van der Waals surface area contributed by atoms with Crippen molar-refractivity contribution in [2.45, 2.75) is 39.1 Å². The van der Waals surface area contributed by atoms with Gasteiger partial charge in [-0.15, -0.1) is 10.2 Å². The van der Waals surface area contributed by atoms with E-state index in [2.05, 4.69) is 82.5 Å². The van der Waals surface area contributed by atoms with Crippen molar-refractivity contribution in [3.05, 3.63) is 75.8 Å². The van der Waals surface area contributed by atoms with Gasteiger partial charge in [0.2, 0.25) is 11.1 Å². The molecule has 0 spiro atoms. The second kappa shape index (κ2) is 8.43. The molecule has 158 valence electrons. The maximum Gasteiger partial charge on any atom is 0.234 e. The Bertz CT molecular complexity index is 1150. The van der Waals surface area contributed by atoms with Crippen LogP contribution in [0, 0.1) is 13.8 Å². The Balaban J connectivity index is 1.55. The lowest BCUT2D eigenvalue weighted by Gasteiger charge is -2.35. The standard InChI is InChI=1S/C23H24N6S2/c1-15-8-10-19(11-9-15)21-29(27-17(3)30-21)23(24-22-26-25-16(2)31-22)28-13-12-18-6-4-5-7-20(18)14-28/h4-11,21H,12-14H2,1-3H3. The molecule has 2 aliphatic rings. The first-order chi connectivity index (χ1) is 15.1. The molecule has 0 N–H and O–H groups in total. The van der Waals surface area contributed by atoms with E-state index in [1.54, 1.807) is 11.8 Å². The second-order valence-electron chi connectivity index (χ2n) is 7.80. The monoisotopic (exact) mass is 448 g/mol. The summed E-state index contributed by atoms with van der Waals surface area (Å²) in [6.07, 6.45) is 0.989. The highest BCUT2D eigenvalue weighted by Gasteiger charge is 2.34. The number of hydrogen-bond acceptors (Lipinski definition) is 6. The predicted molar refractivity (Wildman–Crippen MR) is 129 cm³/mol. The number of hydrogen-bond donors (Lipinski definition) is 0. The maximum absolute atomic E-state index is 4.98. The number of aliphatic imine (C=N–C) groups is 1. The van der Waals surface area contributed by atoms with E-state index in [9.17, 15) is 0 Å². The van der Waals surface area contributed by atoms with E-state index in [-0.39, 0.29) is 5.37 Å². The molecule has 31 heavy (non-hydrogen) atoms. The van der Waals surface area contributed by atoms with Gasteiger partial charge in [-0.05, 0) is 43.9 Å². The molecule has 5 rings (SSSR count). The highest BCUT2D eigenvalue weighted by Crippen LogP contribution is 2.41. The Kier molecular flexibility index (Phi) is 5.50. The van der Waals surface area contributed by atoms with Gasteiger partial charge in [-0.1, -0.05) is 77.2 Å². The molecule has 6 nitrogen and oxygen atoms in total. The van der Waals surface area contributed by atoms with E-state index in [1.807, 2.05) is 6.92 Å². The Hall–Kier alpha value is -2.71. The second-order valence-corrected chi connectivity index (χ2v) is 10.2. The van der Waals surface area contributed by atoms with Crippen LogP contribution in [0.4, 0.5) is 5.13 Å². The molecule has 0 saturated heterocycles. The first-order valence-electron chi connectivity index (χ1n) is 10.3. The van der Waals surface area contributed by atoms with E-state index >= 15 is 0 Å². The van der Waals surface area contributed by atoms with Gasteiger partial charge in [0.15, 0.2) is 0 Å². The van der Waals surface area contributed by atoms with Crippen LogP contribution in [0.1, 0.15) is 39.6 Å². The van der Waals surface area contributed by atoms with Crippen LogP contribution in [0.25, 0.3) is 0 Å². The van der Waals surface area contributed by atoms with Gasteiger partial charge in [0, 0.05) is 13.1 Å². The number of aryl methyl sites for hydroxylation is 2. The summed E-state index contributed by atoms with van der Waals surface area (Å²) in [5.74, 6) is 0.834. The molecule has 3 aromatic rings. The Morgan fingerprint density at radius 2 is 1.77 bits per heavy atom. The van der Waals surface area contributed by atoms with Crippen molar-refractivity contribution in [1.29, 1.82) is 0 Å². The minimum atomic E-state index is 0.0468. The van der Waals surface area contributed by atoms with Gasteiger partial charge in [-0.3, -0.25) is 0 Å². The molecule has 0 fully saturated rings. The summed E-state index contributed by atoms with van der Waals surface area (Å²) in [6.45, 7) is 7.83. The SMILES string of the molecule is CC1=NN(C(=Nc2nnc(C)s2)N2CCc3ccccc3C2)C(c2ccc(C)cc2)S1.